The number of nitro groups is 1. The second-order valence-electron chi connectivity index (χ2n) is 2.95. The number of hydrogen-bond donors (Lipinski definition) is 1. The van der Waals surface area contributed by atoms with Crippen LogP contribution >= 0.6 is 0 Å². The van der Waals surface area contributed by atoms with Crippen molar-refractivity contribution in [2.75, 3.05) is 0 Å². The van der Waals surface area contributed by atoms with Crippen molar-refractivity contribution in [2.24, 2.45) is 5.73 Å². The van der Waals surface area contributed by atoms with Crippen LogP contribution in [0.4, 0.5) is 5.69 Å². The Hall–Kier alpha value is -1.49. The monoisotopic (exact) mass is 181 g/mol. The van der Waals surface area contributed by atoms with Crippen LogP contribution in [0.5, 0.6) is 0 Å². The molecule has 0 unspecified atom stereocenters. The highest BCUT2D eigenvalue weighted by Crippen LogP contribution is 2.09. The molecule has 1 aromatic rings. The molecule has 13 heavy (non-hydrogen) atoms. The minimum atomic E-state index is -0.470. The van der Waals surface area contributed by atoms with Gasteiger partial charge >= 0.3 is 0 Å². The van der Waals surface area contributed by atoms with Gasteiger partial charge in [-0.1, -0.05) is 0 Å². The first-order valence-corrected chi connectivity index (χ1v) is 3.94. The van der Waals surface area contributed by atoms with Gasteiger partial charge in [0.15, 0.2) is 0 Å². The first-order valence-electron chi connectivity index (χ1n) is 3.94. The lowest BCUT2D eigenvalue weighted by Crippen LogP contribution is -2.18. The molecule has 1 atom stereocenters. The van der Waals surface area contributed by atoms with Crippen LogP contribution in [-0.4, -0.2) is 15.9 Å². The molecule has 0 aliphatic rings. The topological polar surface area (TPSA) is 82.0 Å². The van der Waals surface area contributed by atoms with Crippen molar-refractivity contribution in [1.82, 2.24) is 4.98 Å². The summed E-state index contributed by atoms with van der Waals surface area (Å²) in [4.78, 5) is 13.7. The van der Waals surface area contributed by atoms with E-state index in [0.717, 1.165) is 5.69 Å². The molecule has 1 rings (SSSR count). The molecule has 5 nitrogen and oxygen atoms in total. The average Bonchev–Trinajstić information content (AvgIpc) is 2.04. The van der Waals surface area contributed by atoms with Gasteiger partial charge in [0.1, 0.15) is 6.20 Å². The molecule has 5 heteroatoms. The van der Waals surface area contributed by atoms with Gasteiger partial charge in [-0.25, -0.2) is 0 Å². The Kier molecular flexibility index (Phi) is 2.92. The van der Waals surface area contributed by atoms with Crippen LogP contribution in [0.15, 0.2) is 18.3 Å². The Labute approximate surface area is 75.7 Å². The van der Waals surface area contributed by atoms with Gasteiger partial charge in [0.25, 0.3) is 5.69 Å². The lowest BCUT2D eigenvalue weighted by Gasteiger charge is -2.02. The van der Waals surface area contributed by atoms with E-state index in [2.05, 4.69) is 4.98 Å². The fourth-order valence-corrected chi connectivity index (χ4v) is 0.975. The maximum Gasteiger partial charge on any atom is 0.287 e. The van der Waals surface area contributed by atoms with Gasteiger partial charge in [-0.05, 0) is 13.0 Å². The van der Waals surface area contributed by atoms with Gasteiger partial charge in [0, 0.05) is 24.2 Å². The minimum Gasteiger partial charge on any atom is -0.328 e. The zero-order valence-electron chi connectivity index (χ0n) is 7.30. The van der Waals surface area contributed by atoms with E-state index in [9.17, 15) is 10.1 Å². The van der Waals surface area contributed by atoms with Crippen molar-refractivity contribution >= 4 is 5.69 Å². The number of nitrogens with two attached hydrogens (primary N) is 1. The summed E-state index contributed by atoms with van der Waals surface area (Å²) in [5, 5.41) is 10.3. The lowest BCUT2D eigenvalue weighted by molar-refractivity contribution is -0.385. The summed E-state index contributed by atoms with van der Waals surface area (Å²) >= 11 is 0. The van der Waals surface area contributed by atoms with Crippen molar-refractivity contribution in [2.45, 2.75) is 19.4 Å². The first kappa shape index (κ1) is 9.60. The number of hydrogen-bond acceptors (Lipinski definition) is 4. The van der Waals surface area contributed by atoms with E-state index in [4.69, 9.17) is 5.73 Å². The van der Waals surface area contributed by atoms with Gasteiger partial charge in [-0.3, -0.25) is 15.1 Å². The lowest BCUT2D eigenvalue weighted by atomic mass is 10.2. The standard InChI is InChI=1S/C8H11N3O2/c1-6(9)4-7-2-3-8(5-10-7)11(12)13/h2-3,5-6H,4,9H2,1H3/t6-/m1/s1. The first-order chi connectivity index (χ1) is 6.09. The van der Waals surface area contributed by atoms with Crippen LogP contribution in [0.2, 0.25) is 0 Å². The van der Waals surface area contributed by atoms with Crippen LogP contribution in [0.25, 0.3) is 0 Å². The number of aromatic nitrogens is 1. The molecular formula is C8H11N3O2. The molecule has 2 N–H and O–H groups in total. The molecule has 70 valence electrons. The fraction of sp³-hybridized carbons (Fsp3) is 0.375. The number of pyridine rings is 1. The largest absolute Gasteiger partial charge is 0.328 e. The smallest absolute Gasteiger partial charge is 0.287 e. The molecule has 0 bridgehead atoms. The third-order valence-electron chi connectivity index (χ3n) is 1.55. The summed E-state index contributed by atoms with van der Waals surface area (Å²) in [7, 11) is 0. The van der Waals surface area contributed by atoms with Crippen LogP contribution in [0.3, 0.4) is 0 Å². The highest BCUT2D eigenvalue weighted by Gasteiger charge is 2.05. The quantitative estimate of drug-likeness (QED) is 0.554. The molecule has 0 amide bonds. The maximum absolute atomic E-state index is 10.3. The molecule has 0 aliphatic carbocycles. The van der Waals surface area contributed by atoms with E-state index in [1.54, 1.807) is 6.07 Å². The third kappa shape index (κ3) is 2.79. The number of rotatable bonds is 3. The van der Waals surface area contributed by atoms with Crippen LogP contribution in [0, 0.1) is 10.1 Å². The van der Waals surface area contributed by atoms with Crippen molar-refractivity contribution in [1.29, 1.82) is 0 Å². The molecule has 0 aliphatic heterocycles. The summed E-state index contributed by atoms with van der Waals surface area (Å²) in [6.07, 6.45) is 1.88. The molecule has 0 radical (unpaired) electrons. The molecule has 0 saturated carbocycles. The number of nitrogens with zero attached hydrogens (tertiary/aromatic N) is 2. The van der Waals surface area contributed by atoms with Gasteiger partial charge in [0.2, 0.25) is 0 Å². The van der Waals surface area contributed by atoms with Gasteiger partial charge < -0.3 is 5.73 Å². The van der Waals surface area contributed by atoms with Crippen molar-refractivity contribution < 1.29 is 4.92 Å². The van der Waals surface area contributed by atoms with Crippen LogP contribution in [0.1, 0.15) is 12.6 Å². The predicted molar refractivity (Wildman–Crippen MR) is 48.2 cm³/mol. The summed E-state index contributed by atoms with van der Waals surface area (Å²) in [6.45, 7) is 1.86. The van der Waals surface area contributed by atoms with Crippen molar-refractivity contribution in [3.05, 3.63) is 34.1 Å². The Morgan fingerprint density at radius 1 is 1.69 bits per heavy atom. The highest BCUT2D eigenvalue weighted by atomic mass is 16.6. The Bertz CT molecular complexity index is 295. The predicted octanol–water partition coefficient (Wildman–Crippen LogP) is 0.880. The SMILES string of the molecule is C[C@@H](N)Cc1ccc([N+](=O)[O-])cn1. The Morgan fingerprint density at radius 3 is 2.77 bits per heavy atom. The van der Waals surface area contributed by atoms with Gasteiger partial charge in [0.05, 0.1) is 4.92 Å². The van der Waals surface area contributed by atoms with Gasteiger partial charge in [-0.2, -0.15) is 0 Å². The van der Waals surface area contributed by atoms with E-state index in [-0.39, 0.29) is 11.7 Å². The van der Waals surface area contributed by atoms with Crippen LogP contribution in [-0.2, 0) is 6.42 Å². The summed E-state index contributed by atoms with van der Waals surface area (Å²) in [6, 6.07) is 3.08. The minimum absolute atomic E-state index is 0.00780. The van der Waals surface area contributed by atoms with E-state index in [1.165, 1.54) is 12.3 Å². The summed E-state index contributed by atoms with van der Waals surface area (Å²) < 4.78 is 0. The molecule has 0 spiro atoms. The Balaban J connectivity index is 2.75. The second-order valence-corrected chi connectivity index (χ2v) is 2.95. The Morgan fingerprint density at radius 2 is 2.38 bits per heavy atom. The normalized spacial score (nSPS) is 12.5. The molecule has 0 saturated heterocycles. The molecule has 0 fully saturated rings. The molecular weight excluding hydrogens is 170 g/mol. The zero-order chi connectivity index (χ0) is 9.84. The maximum atomic E-state index is 10.3. The third-order valence-corrected chi connectivity index (χ3v) is 1.55. The average molecular weight is 181 g/mol. The van der Waals surface area contributed by atoms with Gasteiger partial charge in [-0.15, -0.1) is 0 Å². The highest BCUT2D eigenvalue weighted by molar-refractivity contribution is 5.26. The zero-order valence-corrected chi connectivity index (χ0v) is 7.30. The molecule has 1 heterocycles. The molecule has 0 aromatic carbocycles. The molecule has 1 aromatic heterocycles. The van der Waals surface area contributed by atoms with E-state index in [0.29, 0.717) is 6.42 Å². The van der Waals surface area contributed by atoms with Crippen LogP contribution < -0.4 is 5.73 Å². The van der Waals surface area contributed by atoms with E-state index >= 15 is 0 Å². The summed E-state index contributed by atoms with van der Waals surface area (Å²) in [5.41, 5.74) is 6.33. The van der Waals surface area contributed by atoms with Crippen molar-refractivity contribution in [3.63, 3.8) is 0 Å². The van der Waals surface area contributed by atoms with E-state index < -0.39 is 4.92 Å². The van der Waals surface area contributed by atoms with Crippen molar-refractivity contribution in [3.8, 4) is 0 Å². The second kappa shape index (κ2) is 3.95. The summed E-state index contributed by atoms with van der Waals surface area (Å²) in [5.74, 6) is 0. The van der Waals surface area contributed by atoms with E-state index in [1.807, 2.05) is 6.92 Å². The fourth-order valence-electron chi connectivity index (χ4n) is 0.975.